The summed E-state index contributed by atoms with van der Waals surface area (Å²) in [5.74, 6) is -0.747. The fraction of sp³-hybridized carbons (Fsp3) is 0.111. The van der Waals surface area contributed by atoms with Gasteiger partial charge in [-0.1, -0.05) is 18.2 Å². The number of ether oxygens (including phenoxy) is 1. The van der Waals surface area contributed by atoms with E-state index in [1.807, 2.05) is 6.07 Å². The molecule has 0 bridgehead atoms. The summed E-state index contributed by atoms with van der Waals surface area (Å²) in [6.07, 6.45) is 0. The van der Waals surface area contributed by atoms with E-state index < -0.39 is 11.8 Å². The second-order valence-electron chi connectivity index (χ2n) is 5.23. The van der Waals surface area contributed by atoms with Crippen LogP contribution >= 0.6 is 0 Å². The van der Waals surface area contributed by atoms with Gasteiger partial charge in [0.05, 0.1) is 13.7 Å². The van der Waals surface area contributed by atoms with Crippen LogP contribution < -0.4 is 15.0 Å². The fourth-order valence-corrected chi connectivity index (χ4v) is 2.47. The van der Waals surface area contributed by atoms with Crippen LogP contribution in [0.1, 0.15) is 0 Å². The second kappa shape index (κ2) is 6.45. The van der Waals surface area contributed by atoms with Crippen molar-refractivity contribution in [1.29, 1.82) is 0 Å². The molecule has 6 heteroatoms. The number of carbonyl (C=O) groups excluding carboxylic acids is 2. The number of anilines is 2. The zero-order valence-electron chi connectivity index (χ0n) is 13.0. The van der Waals surface area contributed by atoms with Gasteiger partial charge in [0.15, 0.2) is 0 Å². The first-order valence-electron chi connectivity index (χ1n) is 7.34. The molecule has 0 saturated carbocycles. The number of rotatable bonds is 4. The monoisotopic (exact) mass is 324 g/mol. The van der Waals surface area contributed by atoms with Crippen LogP contribution in [0.15, 0.2) is 65.9 Å². The molecule has 24 heavy (non-hydrogen) atoms. The van der Waals surface area contributed by atoms with Gasteiger partial charge in [0, 0.05) is 11.4 Å². The number of hydrogen-bond donors (Lipinski definition) is 2. The van der Waals surface area contributed by atoms with Gasteiger partial charge in [-0.2, -0.15) is 0 Å². The molecule has 6 nitrogen and oxygen atoms in total. The maximum absolute atomic E-state index is 12.5. The normalized spacial score (nSPS) is 14.0. The Hall–Kier alpha value is -3.28. The van der Waals surface area contributed by atoms with E-state index in [0.29, 0.717) is 17.1 Å². The molecule has 0 atom stereocenters. The van der Waals surface area contributed by atoms with Gasteiger partial charge >= 0.3 is 0 Å². The van der Waals surface area contributed by atoms with Gasteiger partial charge in [-0.15, -0.1) is 0 Å². The van der Waals surface area contributed by atoms with E-state index in [0.717, 1.165) is 0 Å². The molecule has 1 heterocycles. The van der Waals surface area contributed by atoms with Crippen molar-refractivity contribution in [2.75, 3.05) is 23.9 Å². The smallest absolute Gasteiger partial charge is 0.267 e. The Kier molecular flexibility index (Phi) is 4.20. The van der Waals surface area contributed by atoms with Crippen molar-refractivity contribution in [2.24, 2.45) is 0 Å². The number of nitrogens with one attached hydrogen (secondary N) is 1. The maximum Gasteiger partial charge on any atom is 0.267 e. The van der Waals surface area contributed by atoms with Gasteiger partial charge in [-0.3, -0.25) is 9.59 Å². The molecule has 0 radical (unpaired) electrons. The molecule has 122 valence electrons. The number of aliphatic hydroxyl groups is 1. The molecule has 3 rings (SSSR count). The van der Waals surface area contributed by atoms with Crippen molar-refractivity contribution in [3.8, 4) is 5.75 Å². The van der Waals surface area contributed by atoms with E-state index in [9.17, 15) is 14.7 Å². The topological polar surface area (TPSA) is 78.9 Å². The minimum atomic E-state index is -0.638. The number of methoxy groups -OCH3 is 1. The van der Waals surface area contributed by atoms with Crippen LogP contribution in [0.5, 0.6) is 5.75 Å². The lowest BCUT2D eigenvalue weighted by Gasteiger charge is -2.15. The van der Waals surface area contributed by atoms with Gasteiger partial charge in [0.1, 0.15) is 17.1 Å². The zero-order chi connectivity index (χ0) is 17.1. The van der Waals surface area contributed by atoms with Gasteiger partial charge in [0.25, 0.3) is 11.8 Å². The van der Waals surface area contributed by atoms with Crippen LogP contribution in [0.3, 0.4) is 0 Å². The first kappa shape index (κ1) is 15.6. The SMILES string of the molecule is COc1ccc(NC(=O)C2=C(O)CN(c3ccccc3)C2=O)cc1. The third-order valence-electron chi connectivity index (χ3n) is 3.70. The van der Waals surface area contributed by atoms with Crippen LogP contribution in [0.2, 0.25) is 0 Å². The number of nitrogens with zero attached hydrogens (tertiary/aromatic N) is 1. The molecule has 0 aliphatic carbocycles. The van der Waals surface area contributed by atoms with Gasteiger partial charge < -0.3 is 20.1 Å². The molecule has 0 aromatic heterocycles. The first-order valence-corrected chi connectivity index (χ1v) is 7.34. The number of para-hydroxylation sites is 1. The molecule has 0 spiro atoms. The number of amides is 2. The molecule has 2 N–H and O–H groups in total. The number of carbonyl (C=O) groups is 2. The summed E-state index contributed by atoms with van der Waals surface area (Å²) in [7, 11) is 1.55. The van der Waals surface area contributed by atoms with Crippen molar-refractivity contribution in [1.82, 2.24) is 0 Å². The molecule has 2 aromatic carbocycles. The summed E-state index contributed by atoms with van der Waals surface area (Å²) < 4.78 is 5.05. The third kappa shape index (κ3) is 2.94. The largest absolute Gasteiger partial charge is 0.509 e. The van der Waals surface area contributed by atoms with Crippen LogP contribution in [-0.2, 0) is 9.59 Å². The van der Waals surface area contributed by atoms with Crippen LogP contribution in [-0.4, -0.2) is 30.6 Å². The molecule has 0 fully saturated rings. The average Bonchev–Trinajstić information content (AvgIpc) is 2.91. The Morgan fingerprint density at radius 2 is 1.79 bits per heavy atom. The number of aliphatic hydroxyl groups excluding tert-OH is 1. The first-order chi connectivity index (χ1) is 11.6. The summed E-state index contributed by atoms with van der Waals surface area (Å²) in [5, 5.41) is 12.7. The lowest BCUT2D eigenvalue weighted by atomic mass is 10.2. The zero-order valence-corrected chi connectivity index (χ0v) is 13.0. The van der Waals surface area contributed by atoms with Crippen molar-refractivity contribution >= 4 is 23.2 Å². The van der Waals surface area contributed by atoms with Gasteiger partial charge in [0.2, 0.25) is 0 Å². The van der Waals surface area contributed by atoms with Crippen molar-refractivity contribution in [3.63, 3.8) is 0 Å². The van der Waals surface area contributed by atoms with Crippen molar-refractivity contribution in [2.45, 2.75) is 0 Å². The highest BCUT2D eigenvalue weighted by atomic mass is 16.5. The van der Waals surface area contributed by atoms with Crippen LogP contribution in [0.25, 0.3) is 0 Å². The molecule has 1 aliphatic rings. The lowest BCUT2D eigenvalue weighted by Crippen LogP contribution is -2.30. The maximum atomic E-state index is 12.5. The quantitative estimate of drug-likeness (QED) is 0.847. The molecule has 0 saturated heterocycles. The second-order valence-corrected chi connectivity index (χ2v) is 5.23. The minimum absolute atomic E-state index is 0.0196. The van der Waals surface area contributed by atoms with Gasteiger partial charge in [-0.25, -0.2) is 0 Å². The van der Waals surface area contributed by atoms with Crippen molar-refractivity contribution < 1.29 is 19.4 Å². The van der Waals surface area contributed by atoms with E-state index in [1.54, 1.807) is 55.6 Å². The van der Waals surface area contributed by atoms with E-state index in [1.165, 1.54) is 4.90 Å². The summed E-state index contributed by atoms with van der Waals surface area (Å²) in [4.78, 5) is 26.2. The van der Waals surface area contributed by atoms with Crippen LogP contribution in [0, 0.1) is 0 Å². The highest BCUT2D eigenvalue weighted by Gasteiger charge is 2.35. The average molecular weight is 324 g/mol. The van der Waals surface area contributed by atoms with Crippen molar-refractivity contribution in [3.05, 3.63) is 65.9 Å². The van der Waals surface area contributed by atoms with Crippen LogP contribution in [0.4, 0.5) is 11.4 Å². The molecule has 2 aromatic rings. The Balaban J connectivity index is 1.76. The molecule has 1 aliphatic heterocycles. The molecule has 0 unspecified atom stereocenters. The Labute approximate surface area is 139 Å². The standard InChI is InChI=1S/C18H16N2O4/c1-24-14-9-7-12(8-10-14)19-17(22)16-15(21)11-20(18(16)23)13-5-3-2-4-6-13/h2-10,21H,11H2,1H3,(H,19,22). The molecular weight excluding hydrogens is 308 g/mol. The molecule has 2 amide bonds. The highest BCUT2D eigenvalue weighted by Crippen LogP contribution is 2.25. The van der Waals surface area contributed by atoms with E-state index in [2.05, 4.69) is 5.32 Å². The van der Waals surface area contributed by atoms with E-state index in [4.69, 9.17) is 4.74 Å². The summed E-state index contributed by atoms with van der Waals surface area (Å²) in [6.45, 7) is -0.0196. The predicted octanol–water partition coefficient (Wildman–Crippen LogP) is 2.49. The number of benzene rings is 2. The predicted molar refractivity (Wildman–Crippen MR) is 90.1 cm³/mol. The van der Waals surface area contributed by atoms with E-state index in [-0.39, 0.29) is 17.9 Å². The molecular formula is C18H16N2O4. The summed E-state index contributed by atoms with van der Waals surface area (Å²) in [6, 6.07) is 15.6. The summed E-state index contributed by atoms with van der Waals surface area (Å²) >= 11 is 0. The van der Waals surface area contributed by atoms with E-state index >= 15 is 0 Å². The highest BCUT2D eigenvalue weighted by molar-refractivity contribution is 6.29. The number of hydrogen-bond acceptors (Lipinski definition) is 4. The Morgan fingerprint density at radius 3 is 2.42 bits per heavy atom. The fourth-order valence-electron chi connectivity index (χ4n) is 2.47. The lowest BCUT2D eigenvalue weighted by molar-refractivity contribution is -0.119. The third-order valence-corrected chi connectivity index (χ3v) is 3.70. The van der Waals surface area contributed by atoms with Gasteiger partial charge in [-0.05, 0) is 36.4 Å². The summed E-state index contributed by atoms with van der Waals surface area (Å²) in [5.41, 5.74) is 0.892. The minimum Gasteiger partial charge on any atom is -0.509 e. The Morgan fingerprint density at radius 1 is 1.12 bits per heavy atom. The Bertz CT molecular complexity index is 798.